The Labute approximate surface area is 153 Å². The van der Waals surface area contributed by atoms with Gasteiger partial charge in [0.1, 0.15) is 6.61 Å². The highest BCUT2D eigenvalue weighted by Gasteiger charge is 2.49. The summed E-state index contributed by atoms with van der Waals surface area (Å²) < 4.78 is 48.4. The molecule has 2 aromatic rings. The Hall–Kier alpha value is -2.83. The largest absolute Gasteiger partial charge is 0.458 e. The zero-order valence-corrected chi connectivity index (χ0v) is 14.3. The second-order valence-electron chi connectivity index (χ2n) is 6.37. The molecule has 0 aliphatic heterocycles. The number of ether oxygens (including phenoxy) is 2. The van der Waals surface area contributed by atoms with Crippen molar-refractivity contribution < 1.29 is 32.2 Å². The van der Waals surface area contributed by atoms with Crippen LogP contribution in [-0.2, 0) is 27.1 Å². The van der Waals surface area contributed by atoms with Gasteiger partial charge in [-0.1, -0.05) is 30.3 Å². The number of carbonyl (C=O) groups excluding carboxylic acids is 2. The lowest BCUT2D eigenvalue weighted by Gasteiger charge is -2.38. The summed E-state index contributed by atoms with van der Waals surface area (Å²) in [5.41, 5.74) is -1.48. The van der Waals surface area contributed by atoms with Crippen molar-refractivity contribution in [2.45, 2.75) is 37.6 Å². The van der Waals surface area contributed by atoms with E-state index in [4.69, 9.17) is 9.47 Å². The molecule has 0 amide bonds. The normalized spacial score (nSPS) is 15.5. The van der Waals surface area contributed by atoms with Gasteiger partial charge in [0, 0.05) is 0 Å². The third-order valence-electron chi connectivity index (χ3n) is 4.48. The summed E-state index contributed by atoms with van der Waals surface area (Å²) in [6.07, 6.45) is -3.14. The molecular formula is C20H17F3O4. The molecule has 1 fully saturated rings. The number of hydrogen-bond acceptors (Lipinski definition) is 4. The van der Waals surface area contributed by atoms with Crippen LogP contribution in [0.5, 0.6) is 0 Å². The number of esters is 2. The van der Waals surface area contributed by atoms with Gasteiger partial charge in [-0.05, 0) is 49.1 Å². The first kappa shape index (κ1) is 18.9. The van der Waals surface area contributed by atoms with Crippen molar-refractivity contribution in [3.8, 4) is 0 Å². The maximum absolute atomic E-state index is 12.6. The van der Waals surface area contributed by atoms with E-state index in [-0.39, 0.29) is 12.2 Å². The predicted molar refractivity (Wildman–Crippen MR) is 89.7 cm³/mol. The Morgan fingerprint density at radius 3 is 2.11 bits per heavy atom. The Bertz CT molecular complexity index is 809. The molecule has 0 atom stereocenters. The quantitative estimate of drug-likeness (QED) is 0.718. The van der Waals surface area contributed by atoms with E-state index in [1.165, 1.54) is 0 Å². The molecule has 0 heterocycles. The molecule has 0 spiro atoms. The molecule has 3 rings (SSSR count). The van der Waals surface area contributed by atoms with Crippen molar-refractivity contribution in [2.75, 3.05) is 0 Å². The smallest absolute Gasteiger partial charge is 0.416 e. The molecule has 4 nitrogen and oxygen atoms in total. The summed E-state index contributed by atoms with van der Waals surface area (Å²) in [4.78, 5) is 24.7. The first-order chi connectivity index (χ1) is 12.8. The molecule has 27 heavy (non-hydrogen) atoms. The van der Waals surface area contributed by atoms with E-state index in [1.54, 1.807) is 12.1 Å². The Morgan fingerprint density at radius 1 is 0.963 bits per heavy atom. The second-order valence-corrected chi connectivity index (χ2v) is 6.37. The summed E-state index contributed by atoms with van der Waals surface area (Å²) in [6.45, 7) is 0.0548. The lowest BCUT2D eigenvalue weighted by molar-refractivity contribution is -0.177. The monoisotopic (exact) mass is 378 g/mol. The van der Waals surface area contributed by atoms with Gasteiger partial charge in [-0.3, -0.25) is 0 Å². The number of alkyl halides is 3. The third kappa shape index (κ3) is 4.30. The molecule has 1 saturated carbocycles. The van der Waals surface area contributed by atoms with Crippen molar-refractivity contribution in [1.82, 2.24) is 0 Å². The first-order valence-corrected chi connectivity index (χ1v) is 8.42. The minimum atomic E-state index is -4.49. The minimum absolute atomic E-state index is 0.0508. The van der Waals surface area contributed by atoms with Crippen molar-refractivity contribution in [2.24, 2.45) is 0 Å². The molecule has 1 aliphatic rings. The Kier molecular flexibility index (Phi) is 5.21. The summed E-state index contributed by atoms with van der Waals surface area (Å²) in [5.74, 6) is -1.49. The lowest BCUT2D eigenvalue weighted by atomic mass is 9.80. The number of halogens is 3. The number of benzene rings is 2. The van der Waals surface area contributed by atoms with Crippen molar-refractivity contribution in [1.29, 1.82) is 0 Å². The zero-order chi connectivity index (χ0) is 19.5. The van der Waals surface area contributed by atoms with Crippen LogP contribution < -0.4 is 0 Å². The summed E-state index contributed by atoms with van der Waals surface area (Å²) >= 11 is 0. The molecule has 0 aromatic heterocycles. The predicted octanol–water partition coefficient (Wildman–Crippen LogP) is 4.53. The topological polar surface area (TPSA) is 52.6 Å². The van der Waals surface area contributed by atoms with E-state index >= 15 is 0 Å². The van der Waals surface area contributed by atoms with Crippen LogP contribution in [0.4, 0.5) is 13.2 Å². The van der Waals surface area contributed by atoms with Crippen LogP contribution in [0.2, 0.25) is 0 Å². The molecular weight excluding hydrogens is 361 g/mol. The van der Waals surface area contributed by atoms with Gasteiger partial charge in [-0.2, -0.15) is 13.2 Å². The van der Waals surface area contributed by atoms with Gasteiger partial charge in [0.25, 0.3) is 0 Å². The maximum Gasteiger partial charge on any atom is 0.416 e. The molecule has 0 radical (unpaired) electrons. The fraction of sp³-hybridized carbons (Fsp3) is 0.300. The van der Waals surface area contributed by atoms with Crippen LogP contribution in [0, 0.1) is 0 Å². The van der Waals surface area contributed by atoms with Gasteiger partial charge in [0.15, 0.2) is 0 Å². The lowest BCUT2D eigenvalue weighted by Crippen LogP contribution is -2.50. The van der Waals surface area contributed by atoms with Gasteiger partial charge in [0.2, 0.25) is 5.60 Å². The van der Waals surface area contributed by atoms with E-state index in [0.717, 1.165) is 29.8 Å². The van der Waals surface area contributed by atoms with E-state index in [9.17, 15) is 22.8 Å². The molecule has 7 heteroatoms. The summed E-state index contributed by atoms with van der Waals surface area (Å²) in [7, 11) is 0. The number of hydrogen-bond donors (Lipinski definition) is 0. The van der Waals surface area contributed by atoms with Crippen molar-refractivity contribution >= 4 is 11.9 Å². The van der Waals surface area contributed by atoms with Crippen molar-refractivity contribution in [3.05, 3.63) is 71.3 Å². The Balaban J connectivity index is 1.64. The SMILES string of the molecule is O=C(OC1(C(=O)OCc2ccccc2)CCC1)c1ccc(C(F)(F)F)cc1. The van der Waals surface area contributed by atoms with Crippen LogP contribution in [0.1, 0.15) is 40.7 Å². The minimum Gasteiger partial charge on any atom is -0.458 e. The molecule has 0 bridgehead atoms. The maximum atomic E-state index is 12.6. The van der Waals surface area contributed by atoms with Gasteiger partial charge in [-0.15, -0.1) is 0 Å². The molecule has 142 valence electrons. The molecule has 1 aliphatic carbocycles. The fourth-order valence-electron chi connectivity index (χ4n) is 2.73. The van der Waals surface area contributed by atoms with Gasteiger partial charge in [-0.25, -0.2) is 9.59 Å². The molecule has 0 N–H and O–H groups in total. The highest BCUT2D eigenvalue weighted by molar-refractivity contribution is 5.93. The van der Waals surface area contributed by atoms with Gasteiger partial charge < -0.3 is 9.47 Å². The van der Waals surface area contributed by atoms with Crippen LogP contribution in [0.15, 0.2) is 54.6 Å². The first-order valence-electron chi connectivity index (χ1n) is 8.42. The molecule has 0 saturated heterocycles. The van der Waals surface area contributed by atoms with Crippen LogP contribution in [0.3, 0.4) is 0 Å². The second kappa shape index (κ2) is 7.42. The molecule has 0 unspecified atom stereocenters. The average Bonchev–Trinajstić information content (AvgIpc) is 2.63. The summed E-state index contributed by atoms with van der Waals surface area (Å²) in [6, 6.07) is 12.7. The molecule has 2 aromatic carbocycles. The van der Waals surface area contributed by atoms with E-state index in [0.29, 0.717) is 19.3 Å². The summed E-state index contributed by atoms with van der Waals surface area (Å²) in [5, 5.41) is 0. The van der Waals surface area contributed by atoms with Gasteiger partial charge >= 0.3 is 18.1 Å². The van der Waals surface area contributed by atoms with Crippen LogP contribution in [-0.4, -0.2) is 17.5 Å². The standard InChI is InChI=1S/C20H17F3O4/c21-20(22,23)16-9-7-15(8-10-16)17(24)27-19(11-4-12-19)18(25)26-13-14-5-2-1-3-6-14/h1-3,5-10H,4,11-13H2. The highest BCUT2D eigenvalue weighted by atomic mass is 19.4. The van der Waals surface area contributed by atoms with E-state index < -0.39 is 29.3 Å². The highest BCUT2D eigenvalue weighted by Crippen LogP contribution is 2.38. The van der Waals surface area contributed by atoms with Crippen molar-refractivity contribution in [3.63, 3.8) is 0 Å². The van der Waals surface area contributed by atoms with Crippen LogP contribution in [0.25, 0.3) is 0 Å². The third-order valence-corrected chi connectivity index (χ3v) is 4.48. The fourth-order valence-corrected chi connectivity index (χ4v) is 2.73. The average molecular weight is 378 g/mol. The van der Waals surface area contributed by atoms with E-state index in [1.807, 2.05) is 18.2 Å². The zero-order valence-electron chi connectivity index (χ0n) is 14.3. The van der Waals surface area contributed by atoms with Gasteiger partial charge in [0.05, 0.1) is 11.1 Å². The number of rotatable bonds is 5. The van der Waals surface area contributed by atoms with E-state index in [2.05, 4.69) is 0 Å². The number of carbonyl (C=O) groups is 2. The van der Waals surface area contributed by atoms with Crippen LogP contribution >= 0.6 is 0 Å². The Morgan fingerprint density at radius 2 is 1.59 bits per heavy atom.